The molecule has 0 aliphatic heterocycles. The molecule has 1 unspecified atom stereocenters. The highest BCUT2D eigenvalue weighted by Gasteiger charge is 2.38. The van der Waals surface area contributed by atoms with Crippen molar-refractivity contribution in [2.45, 2.75) is 25.7 Å². The summed E-state index contributed by atoms with van der Waals surface area (Å²) in [6.45, 7) is 2.11. The summed E-state index contributed by atoms with van der Waals surface area (Å²) in [5.41, 5.74) is 0.866. The van der Waals surface area contributed by atoms with Crippen LogP contribution in [0.3, 0.4) is 0 Å². The molecule has 0 bridgehead atoms. The van der Waals surface area contributed by atoms with Crippen molar-refractivity contribution < 1.29 is 13.2 Å². The van der Waals surface area contributed by atoms with Crippen LogP contribution in [0.5, 0.6) is 0 Å². The molecule has 0 aliphatic carbocycles. The molecule has 31 heavy (non-hydrogen) atoms. The van der Waals surface area contributed by atoms with Crippen LogP contribution in [0.1, 0.15) is 29.7 Å². The third-order valence-electron chi connectivity index (χ3n) is 4.99. The molecule has 158 valence electrons. The lowest BCUT2D eigenvalue weighted by molar-refractivity contribution is -0.137. The Morgan fingerprint density at radius 2 is 1.65 bits per heavy atom. The molecule has 0 fully saturated rings. The maximum atomic E-state index is 14.0. The fraction of sp³-hybridized carbons (Fsp3) is 0.174. The number of aromatic nitrogens is 4. The van der Waals surface area contributed by atoms with Gasteiger partial charge >= 0.3 is 6.18 Å². The minimum atomic E-state index is -4.61. The number of benzene rings is 2. The van der Waals surface area contributed by atoms with E-state index in [0.29, 0.717) is 0 Å². The number of alkyl halides is 3. The van der Waals surface area contributed by atoms with Gasteiger partial charge in [-0.05, 0) is 24.1 Å². The number of rotatable bonds is 6. The molecule has 0 saturated heterocycles. The third-order valence-corrected chi connectivity index (χ3v) is 4.99. The topological polar surface area (TPSA) is 46.8 Å². The van der Waals surface area contributed by atoms with Gasteiger partial charge in [0.2, 0.25) is 0 Å². The summed E-state index contributed by atoms with van der Waals surface area (Å²) in [5, 5.41) is 4.06. The lowest BCUT2D eigenvalue weighted by atomic mass is 10.0. The Labute approximate surface area is 177 Å². The predicted octanol–water partition coefficient (Wildman–Crippen LogP) is 5.45. The van der Waals surface area contributed by atoms with Gasteiger partial charge in [-0.25, -0.2) is 9.67 Å². The minimum absolute atomic E-state index is 0.0753. The van der Waals surface area contributed by atoms with Gasteiger partial charge in [-0.1, -0.05) is 60.7 Å². The van der Waals surface area contributed by atoms with Gasteiger partial charge in [0.05, 0.1) is 6.04 Å². The fourth-order valence-corrected chi connectivity index (χ4v) is 3.37. The summed E-state index contributed by atoms with van der Waals surface area (Å²) in [6.07, 6.45) is -0.665. The average Bonchev–Trinajstić information content (AvgIpc) is 3.32. The first-order valence-electron chi connectivity index (χ1n) is 9.73. The molecule has 4 rings (SSSR count). The zero-order valence-electron chi connectivity index (χ0n) is 16.7. The highest BCUT2D eigenvalue weighted by Crippen LogP contribution is 2.39. The van der Waals surface area contributed by atoms with Crippen LogP contribution >= 0.6 is 0 Å². The highest BCUT2D eigenvalue weighted by atomic mass is 19.4. The molecule has 4 aromatic rings. The van der Waals surface area contributed by atoms with E-state index in [-0.39, 0.29) is 24.4 Å². The number of hydrogen-bond acceptors (Lipinski definition) is 4. The van der Waals surface area contributed by atoms with Crippen molar-refractivity contribution >= 4 is 5.82 Å². The molecule has 5 nitrogen and oxygen atoms in total. The Balaban J connectivity index is 1.87. The van der Waals surface area contributed by atoms with E-state index >= 15 is 0 Å². The van der Waals surface area contributed by atoms with Crippen molar-refractivity contribution in [2.24, 2.45) is 0 Å². The van der Waals surface area contributed by atoms with Crippen LogP contribution in [0.2, 0.25) is 0 Å². The maximum Gasteiger partial charge on any atom is 0.421 e. The largest absolute Gasteiger partial charge is 0.421 e. The van der Waals surface area contributed by atoms with Gasteiger partial charge in [-0.3, -0.25) is 0 Å². The molecule has 2 aromatic carbocycles. The Hall–Kier alpha value is -3.68. The summed E-state index contributed by atoms with van der Waals surface area (Å²) in [7, 11) is 0. The van der Waals surface area contributed by atoms with Crippen LogP contribution < -0.4 is 4.90 Å². The molecule has 0 radical (unpaired) electrons. The summed E-state index contributed by atoms with van der Waals surface area (Å²) in [4.78, 5) is 9.89. The standard InChI is InChI=1S/C23H20F3N5/c1-17(19-11-6-3-7-12-19)30(16-18-9-4-2-5-10-18)21-20(23(24,25)26)15-27-22(29-21)31-14-8-13-28-31/h2-15,17H,16H2,1H3. The highest BCUT2D eigenvalue weighted by molar-refractivity contribution is 5.52. The van der Waals surface area contributed by atoms with Gasteiger partial charge < -0.3 is 4.90 Å². The Morgan fingerprint density at radius 1 is 0.968 bits per heavy atom. The second kappa shape index (κ2) is 8.59. The van der Waals surface area contributed by atoms with Crippen molar-refractivity contribution in [3.05, 3.63) is 102 Å². The molecule has 1 atom stereocenters. The second-order valence-corrected chi connectivity index (χ2v) is 7.06. The van der Waals surface area contributed by atoms with E-state index in [4.69, 9.17) is 0 Å². The van der Waals surface area contributed by atoms with Crippen LogP contribution in [-0.2, 0) is 12.7 Å². The van der Waals surface area contributed by atoms with E-state index < -0.39 is 11.7 Å². The lowest BCUT2D eigenvalue weighted by Crippen LogP contribution is -2.30. The van der Waals surface area contributed by atoms with Crippen LogP contribution in [0, 0.1) is 0 Å². The number of halogens is 3. The van der Waals surface area contributed by atoms with Gasteiger partial charge in [0, 0.05) is 25.1 Å². The van der Waals surface area contributed by atoms with Crippen LogP contribution in [0.4, 0.5) is 19.0 Å². The Kier molecular flexibility index (Phi) is 5.70. The van der Waals surface area contributed by atoms with Crippen molar-refractivity contribution in [1.82, 2.24) is 19.7 Å². The Morgan fingerprint density at radius 3 is 2.26 bits per heavy atom. The quantitative estimate of drug-likeness (QED) is 0.414. The normalized spacial score (nSPS) is 12.5. The summed E-state index contributed by atoms with van der Waals surface area (Å²) in [6, 6.07) is 20.0. The van der Waals surface area contributed by atoms with Gasteiger partial charge in [-0.2, -0.15) is 23.3 Å². The Bertz CT molecular complexity index is 1110. The monoisotopic (exact) mass is 423 g/mol. The lowest BCUT2D eigenvalue weighted by Gasteiger charge is -2.32. The summed E-state index contributed by atoms with van der Waals surface area (Å²) in [5.74, 6) is -0.112. The zero-order valence-corrected chi connectivity index (χ0v) is 16.7. The summed E-state index contributed by atoms with van der Waals surface area (Å²) >= 11 is 0. The minimum Gasteiger partial charge on any atom is -0.345 e. The van der Waals surface area contributed by atoms with Gasteiger partial charge in [-0.15, -0.1) is 0 Å². The first-order chi connectivity index (χ1) is 14.9. The van der Waals surface area contributed by atoms with Crippen LogP contribution in [0.15, 0.2) is 85.3 Å². The van der Waals surface area contributed by atoms with Gasteiger partial charge in [0.15, 0.2) is 0 Å². The van der Waals surface area contributed by atoms with Crippen LogP contribution in [0.25, 0.3) is 5.95 Å². The SMILES string of the molecule is CC(c1ccccc1)N(Cc1ccccc1)c1nc(-n2cccn2)ncc1C(F)(F)F. The van der Waals surface area contributed by atoms with Gasteiger partial charge in [0.25, 0.3) is 5.95 Å². The van der Waals surface area contributed by atoms with E-state index in [2.05, 4.69) is 15.1 Å². The number of nitrogens with zero attached hydrogens (tertiary/aromatic N) is 5. The van der Waals surface area contributed by atoms with Crippen molar-refractivity contribution in [1.29, 1.82) is 0 Å². The fourth-order valence-electron chi connectivity index (χ4n) is 3.37. The zero-order chi connectivity index (χ0) is 21.8. The maximum absolute atomic E-state index is 14.0. The van der Waals surface area contributed by atoms with E-state index in [9.17, 15) is 13.2 Å². The summed E-state index contributed by atoms with van der Waals surface area (Å²) < 4.78 is 43.2. The molecule has 0 saturated carbocycles. The van der Waals surface area contributed by atoms with E-state index in [1.54, 1.807) is 17.2 Å². The molecule has 0 amide bonds. The first-order valence-corrected chi connectivity index (χ1v) is 9.73. The molecule has 8 heteroatoms. The molecule has 0 N–H and O–H groups in total. The number of hydrogen-bond donors (Lipinski definition) is 0. The first kappa shape index (κ1) is 20.6. The molecule has 0 aliphatic rings. The third kappa shape index (κ3) is 4.58. The predicted molar refractivity (Wildman–Crippen MR) is 112 cm³/mol. The van der Waals surface area contributed by atoms with Crippen molar-refractivity contribution in [2.75, 3.05) is 4.90 Å². The molecule has 0 spiro atoms. The molecule has 2 heterocycles. The van der Waals surface area contributed by atoms with E-state index in [1.807, 2.05) is 67.6 Å². The molecule has 2 aromatic heterocycles. The van der Waals surface area contributed by atoms with Crippen LogP contribution in [-0.4, -0.2) is 19.7 Å². The average molecular weight is 423 g/mol. The van der Waals surface area contributed by atoms with E-state index in [1.165, 1.54) is 10.9 Å². The molecular weight excluding hydrogens is 403 g/mol. The molecular formula is C23H20F3N5. The second-order valence-electron chi connectivity index (χ2n) is 7.06. The number of anilines is 1. The van der Waals surface area contributed by atoms with E-state index in [0.717, 1.165) is 17.3 Å². The van der Waals surface area contributed by atoms with Crippen molar-refractivity contribution in [3.63, 3.8) is 0 Å². The van der Waals surface area contributed by atoms with Crippen molar-refractivity contribution in [3.8, 4) is 5.95 Å². The van der Waals surface area contributed by atoms with Gasteiger partial charge in [0.1, 0.15) is 11.4 Å². The smallest absolute Gasteiger partial charge is 0.345 e.